The smallest absolute Gasteiger partial charge is 0.294 e. The summed E-state index contributed by atoms with van der Waals surface area (Å²) in [7, 11) is 0. The van der Waals surface area contributed by atoms with Crippen LogP contribution in [0.2, 0.25) is 0 Å². The highest BCUT2D eigenvalue weighted by Gasteiger charge is 2.48. The number of allylic oxidation sites excluding steroid dienone is 2. The van der Waals surface area contributed by atoms with Crippen molar-refractivity contribution in [3.8, 4) is 0 Å². The van der Waals surface area contributed by atoms with Gasteiger partial charge in [0.05, 0.1) is 22.4 Å². The molecule has 0 radical (unpaired) electrons. The zero-order valence-corrected chi connectivity index (χ0v) is 17.5. The van der Waals surface area contributed by atoms with Crippen LogP contribution in [0.1, 0.15) is 12.8 Å². The van der Waals surface area contributed by atoms with E-state index in [-0.39, 0.29) is 35.0 Å². The highest BCUT2D eigenvalue weighted by Crippen LogP contribution is 2.40. The van der Waals surface area contributed by atoms with E-state index in [2.05, 4.69) is 9.88 Å². The molecule has 164 valence electrons. The fraction of sp³-hybridized carbons (Fsp3) is 0.348. The predicted molar refractivity (Wildman–Crippen MR) is 120 cm³/mol. The first-order valence-electron chi connectivity index (χ1n) is 10.8. The molecule has 3 aliphatic rings. The first-order chi connectivity index (χ1) is 15.5. The Bertz CT molecular complexity index is 1070. The number of nitro benzene ring substituents is 1. The maximum atomic E-state index is 12.9. The van der Waals surface area contributed by atoms with E-state index in [0.717, 1.165) is 10.7 Å². The van der Waals surface area contributed by atoms with Gasteiger partial charge in [0.25, 0.3) is 5.69 Å². The van der Waals surface area contributed by atoms with E-state index >= 15 is 0 Å². The zero-order chi connectivity index (χ0) is 22.2. The van der Waals surface area contributed by atoms with Crippen LogP contribution in [0.4, 0.5) is 22.9 Å². The average molecular weight is 433 g/mol. The predicted octanol–water partition coefficient (Wildman–Crippen LogP) is 2.77. The molecule has 0 saturated carbocycles. The molecular formula is C23H23N5O4. The SMILES string of the molecule is O=C1[C@H]2CC=CC[C@H]2C(=O)N1c1ccc(N2CCN(c3ccccn3)CC2)c([N+](=O)[O-])c1. The van der Waals surface area contributed by atoms with Crippen LogP contribution >= 0.6 is 0 Å². The van der Waals surface area contributed by atoms with E-state index in [1.807, 2.05) is 35.3 Å². The molecule has 1 aliphatic carbocycles. The molecular weight excluding hydrogens is 410 g/mol. The van der Waals surface area contributed by atoms with Crippen molar-refractivity contribution < 1.29 is 14.5 Å². The monoisotopic (exact) mass is 433 g/mol. The quantitative estimate of drug-likeness (QED) is 0.316. The minimum Gasteiger partial charge on any atom is -0.362 e. The molecule has 1 aromatic carbocycles. The highest BCUT2D eigenvalue weighted by atomic mass is 16.6. The maximum absolute atomic E-state index is 12.9. The second-order valence-electron chi connectivity index (χ2n) is 8.26. The lowest BCUT2D eigenvalue weighted by molar-refractivity contribution is -0.384. The molecule has 2 aromatic rings. The molecule has 0 N–H and O–H groups in total. The highest BCUT2D eigenvalue weighted by molar-refractivity contribution is 6.22. The van der Waals surface area contributed by atoms with E-state index < -0.39 is 4.92 Å². The summed E-state index contributed by atoms with van der Waals surface area (Å²) in [5.41, 5.74) is 0.678. The van der Waals surface area contributed by atoms with Gasteiger partial charge in [0.2, 0.25) is 11.8 Å². The molecule has 0 bridgehead atoms. The number of piperazine rings is 1. The van der Waals surface area contributed by atoms with Gasteiger partial charge >= 0.3 is 0 Å². The van der Waals surface area contributed by atoms with Gasteiger partial charge in [-0.15, -0.1) is 0 Å². The fourth-order valence-corrected chi connectivity index (χ4v) is 4.84. The van der Waals surface area contributed by atoms with E-state index in [1.54, 1.807) is 18.3 Å². The Morgan fingerprint density at radius 1 is 0.906 bits per heavy atom. The van der Waals surface area contributed by atoms with E-state index in [1.165, 1.54) is 6.07 Å². The number of hydrogen-bond donors (Lipinski definition) is 0. The third-order valence-corrected chi connectivity index (χ3v) is 6.52. The third kappa shape index (κ3) is 3.39. The van der Waals surface area contributed by atoms with Crippen molar-refractivity contribution in [3.63, 3.8) is 0 Å². The summed E-state index contributed by atoms with van der Waals surface area (Å²) in [6, 6.07) is 10.4. The molecule has 0 spiro atoms. The van der Waals surface area contributed by atoms with Gasteiger partial charge in [0, 0.05) is 38.4 Å². The lowest BCUT2D eigenvalue weighted by Crippen LogP contribution is -2.47. The van der Waals surface area contributed by atoms with Crippen LogP contribution in [0.5, 0.6) is 0 Å². The van der Waals surface area contributed by atoms with Crippen molar-refractivity contribution in [2.45, 2.75) is 12.8 Å². The van der Waals surface area contributed by atoms with Gasteiger partial charge in [0.1, 0.15) is 11.5 Å². The summed E-state index contributed by atoms with van der Waals surface area (Å²) in [5.74, 6) is -0.387. The molecule has 2 amide bonds. The maximum Gasteiger partial charge on any atom is 0.294 e. The Morgan fingerprint density at radius 2 is 1.56 bits per heavy atom. The molecule has 2 saturated heterocycles. The van der Waals surface area contributed by atoms with E-state index in [9.17, 15) is 19.7 Å². The summed E-state index contributed by atoms with van der Waals surface area (Å²) >= 11 is 0. The molecule has 3 heterocycles. The lowest BCUT2D eigenvalue weighted by atomic mass is 9.85. The molecule has 0 unspecified atom stereocenters. The summed E-state index contributed by atoms with van der Waals surface area (Å²) in [6.45, 7) is 2.59. The number of fused-ring (bicyclic) bond motifs is 1. The van der Waals surface area contributed by atoms with Crippen LogP contribution in [-0.2, 0) is 9.59 Å². The number of nitro groups is 1. The number of aromatic nitrogens is 1. The Labute approximate surface area is 185 Å². The van der Waals surface area contributed by atoms with Gasteiger partial charge < -0.3 is 9.80 Å². The number of hydrogen-bond acceptors (Lipinski definition) is 7. The van der Waals surface area contributed by atoms with Crippen molar-refractivity contribution in [1.29, 1.82) is 0 Å². The molecule has 5 rings (SSSR count). The standard InChI is InChI=1S/C23H23N5O4/c29-22-17-5-1-2-6-18(17)23(30)27(22)16-8-9-19(20(15-16)28(31)32)25-11-13-26(14-12-25)21-7-3-4-10-24-21/h1-4,7-10,15,17-18H,5-6,11-14H2/t17-,18+. The molecule has 1 aromatic heterocycles. The van der Waals surface area contributed by atoms with Crippen LogP contribution in [0.15, 0.2) is 54.7 Å². The molecule has 32 heavy (non-hydrogen) atoms. The third-order valence-electron chi connectivity index (χ3n) is 6.52. The summed E-state index contributed by atoms with van der Waals surface area (Å²) in [6.07, 6.45) is 6.66. The molecule has 2 aliphatic heterocycles. The molecule has 2 atom stereocenters. The number of pyridine rings is 1. The summed E-state index contributed by atoms with van der Waals surface area (Å²) < 4.78 is 0. The van der Waals surface area contributed by atoms with Crippen molar-refractivity contribution >= 4 is 34.7 Å². The Morgan fingerprint density at radius 3 is 2.16 bits per heavy atom. The zero-order valence-electron chi connectivity index (χ0n) is 17.5. The molecule has 9 heteroatoms. The Kier molecular flexibility index (Phi) is 5.08. The minimum atomic E-state index is -0.441. The van der Waals surface area contributed by atoms with Crippen LogP contribution < -0.4 is 14.7 Å². The molecule has 9 nitrogen and oxygen atoms in total. The minimum absolute atomic E-state index is 0.0950. The number of nitrogens with zero attached hydrogens (tertiary/aromatic N) is 5. The topological polar surface area (TPSA) is 99.9 Å². The average Bonchev–Trinajstić information content (AvgIpc) is 3.09. The van der Waals surface area contributed by atoms with Gasteiger partial charge in [-0.25, -0.2) is 9.88 Å². The second-order valence-corrected chi connectivity index (χ2v) is 8.26. The summed E-state index contributed by atoms with van der Waals surface area (Å²) in [5, 5.41) is 11.9. The number of carbonyl (C=O) groups is 2. The first-order valence-corrected chi connectivity index (χ1v) is 10.8. The second kappa shape index (κ2) is 8.07. The first kappa shape index (κ1) is 20.2. The number of imide groups is 1. The Balaban J connectivity index is 1.38. The Hall–Kier alpha value is -3.75. The van der Waals surface area contributed by atoms with Crippen molar-refractivity contribution in [2.24, 2.45) is 11.8 Å². The van der Waals surface area contributed by atoms with Crippen LogP contribution in [0.25, 0.3) is 0 Å². The summed E-state index contributed by atoms with van der Waals surface area (Å²) in [4.78, 5) is 46.8. The number of rotatable bonds is 4. The number of anilines is 3. The fourth-order valence-electron chi connectivity index (χ4n) is 4.84. The largest absolute Gasteiger partial charge is 0.362 e. The number of carbonyl (C=O) groups excluding carboxylic acids is 2. The van der Waals surface area contributed by atoms with Crippen molar-refractivity contribution in [3.05, 3.63) is 64.9 Å². The van der Waals surface area contributed by atoms with Crippen LogP contribution in [-0.4, -0.2) is 47.9 Å². The molecule has 2 fully saturated rings. The lowest BCUT2D eigenvalue weighted by Gasteiger charge is -2.36. The van der Waals surface area contributed by atoms with E-state index in [0.29, 0.717) is 44.7 Å². The number of benzene rings is 1. The van der Waals surface area contributed by atoms with Gasteiger partial charge in [0.15, 0.2) is 0 Å². The van der Waals surface area contributed by atoms with E-state index in [4.69, 9.17) is 0 Å². The van der Waals surface area contributed by atoms with Gasteiger partial charge in [-0.3, -0.25) is 19.7 Å². The van der Waals surface area contributed by atoms with Gasteiger partial charge in [-0.1, -0.05) is 18.2 Å². The normalized spacial score (nSPS) is 22.9. The van der Waals surface area contributed by atoms with Crippen LogP contribution in [0, 0.1) is 22.0 Å². The number of amides is 2. The van der Waals surface area contributed by atoms with Crippen molar-refractivity contribution in [1.82, 2.24) is 4.98 Å². The van der Waals surface area contributed by atoms with Gasteiger partial charge in [-0.2, -0.15) is 0 Å². The van der Waals surface area contributed by atoms with Crippen LogP contribution in [0.3, 0.4) is 0 Å². The van der Waals surface area contributed by atoms with Gasteiger partial charge in [-0.05, 0) is 37.1 Å². The van der Waals surface area contributed by atoms with Crippen molar-refractivity contribution in [2.75, 3.05) is 40.9 Å².